The van der Waals surface area contributed by atoms with Crippen LogP contribution in [0.5, 0.6) is 0 Å². The number of fused-ring (bicyclic) bond motifs is 1. The molecule has 0 saturated heterocycles. The third kappa shape index (κ3) is 1.81. The van der Waals surface area contributed by atoms with Gasteiger partial charge < -0.3 is 9.40 Å². The Morgan fingerprint density at radius 3 is 2.60 bits per heavy atom. The van der Waals surface area contributed by atoms with E-state index in [-0.39, 0.29) is 14.9 Å². The second-order valence-corrected chi connectivity index (χ2v) is 3.98. The maximum atomic E-state index is 12.5. The first-order chi connectivity index (χ1) is 6.89. The lowest BCUT2D eigenvalue weighted by molar-refractivity contribution is -0.138. The molecule has 80 valence electrons. The molecule has 0 atom stereocenters. The summed E-state index contributed by atoms with van der Waals surface area (Å²) in [5, 5.41) is 0. The summed E-state index contributed by atoms with van der Waals surface area (Å²) in [4.78, 5) is 2.68. The van der Waals surface area contributed by atoms with Gasteiger partial charge in [0.1, 0.15) is 0 Å². The van der Waals surface area contributed by atoms with Crippen LogP contribution in [0.15, 0.2) is 21.0 Å². The Morgan fingerprint density at radius 2 is 2.00 bits per heavy atom. The molecule has 0 aliphatic carbocycles. The Hall–Kier alpha value is -0.820. The summed E-state index contributed by atoms with van der Waals surface area (Å²) in [7, 11) is 0. The number of halogens is 4. The Labute approximate surface area is 95.2 Å². The summed E-state index contributed by atoms with van der Waals surface area (Å²) in [6.45, 7) is 0. The van der Waals surface area contributed by atoms with Gasteiger partial charge in [0.15, 0.2) is 5.58 Å². The molecule has 1 aromatic carbocycles. The maximum absolute atomic E-state index is 12.5. The van der Waals surface area contributed by atoms with Crippen LogP contribution in [0, 0.1) is 4.84 Å². The van der Waals surface area contributed by atoms with Crippen molar-refractivity contribution in [1.82, 2.24) is 4.98 Å². The van der Waals surface area contributed by atoms with E-state index in [1.807, 2.05) is 0 Å². The Bertz CT molecular complexity index is 571. The van der Waals surface area contributed by atoms with Crippen LogP contribution in [-0.4, -0.2) is 4.98 Å². The van der Waals surface area contributed by atoms with Gasteiger partial charge in [0.2, 0.25) is 0 Å². The molecule has 0 fully saturated rings. The number of hydrogen-bond acceptors (Lipinski definition) is 2. The van der Waals surface area contributed by atoms with Crippen LogP contribution in [0.3, 0.4) is 0 Å². The van der Waals surface area contributed by atoms with Crippen LogP contribution in [0.25, 0.3) is 11.1 Å². The molecule has 0 unspecified atom stereocenters. The molecule has 0 amide bonds. The third-order valence-corrected chi connectivity index (χ3v) is 2.81. The number of benzene rings is 1. The fourth-order valence-corrected chi connectivity index (χ4v) is 2.05. The van der Waals surface area contributed by atoms with Crippen molar-refractivity contribution in [3.63, 3.8) is 0 Å². The fraction of sp³-hybridized carbons (Fsp3) is 0.125. The molecule has 2 rings (SSSR count). The number of rotatable bonds is 0. The first kappa shape index (κ1) is 10.7. The number of alkyl halides is 3. The smallest absolute Gasteiger partial charge is 0.417 e. The molecule has 2 nitrogen and oxygen atoms in total. The highest BCUT2D eigenvalue weighted by molar-refractivity contribution is 9.10. The topological polar surface area (TPSA) is 28.9 Å². The monoisotopic (exact) mass is 297 g/mol. The lowest BCUT2D eigenvalue weighted by atomic mass is 10.2. The number of H-pyrrole nitrogens is 1. The summed E-state index contributed by atoms with van der Waals surface area (Å²) < 4.78 is 42.2. The predicted molar refractivity (Wildman–Crippen MR) is 54.1 cm³/mol. The molecule has 0 aliphatic rings. The molecule has 0 aliphatic heterocycles. The van der Waals surface area contributed by atoms with Gasteiger partial charge in [0, 0.05) is 0 Å². The standard InChI is InChI=1S/C8H3BrF3NOS/c9-5-3(8(10,11)12)1-2-4-6(5)14-7(15)13-4/h1-2H,(H,13,15). The van der Waals surface area contributed by atoms with E-state index in [1.165, 1.54) is 6.07 Å². The van der Waals surface area contributed by atoms with Crippen LogP contribution >= 0.6 is 28.1 Å². The van der Waals surface area contributed by atoms with Crippen molar-refractivity contribution in [3.8, 4) is 0 Å². The van der Waals surface area contributed by atoms with Crippen LogP contribution in [0.1, 0.15) is 5.56 Å². The number of hydrogen-bond donors (Lipinski definition) is 1. The quantitative estimate of drug-likeness (QED) is 0.736. The summed E-state index contributed by atoms with van der Waals surface area (Å²) in [6.07, 6.45) is -4.42. The third-order valence-electron chi connectivity index (χ3n) is 1.83. The molecule has 15 heavy (non-hydrogen) atoms. The van der Waals surface area contributed by atoms with Crippen LogP contribution < -0.4 is 0 Å². The zero-order chi connectivity index (χ0) is 11.2. The van der Waals surface area contributed by atoms with Gasteiger partial charge >= 0.3 is 6.18 Å². The lowest BCUT2D eigenvalue weighted by Gasteiger charge is -2.07. The van der Waals surface area contributed by atoms with E-state index in [0.29, 0.717) is 5.52 Å². The second kappa shape index (κ2) is 3.34. The molecule has 7 heteroatoms. The molecular formula is C8H3BrF3NOS. The van der Waals surface area contributed by atoms with E-state index in [9.17, 15) is 13.2 Å². The molecule has 1 N–H and O–H groups in total. The highest BCUT2D eigenvalue weighted by Gasteiger charge is 2.34. The van der Waals surface area contributed by atoms with Crippen molar-refractivity contribution in [2.75, 3.05) is 0 Å². The molecule has 1 heterocycles. The molecule has 0 radical (unpaired) electrons. The van der Waals surface area contributed by atoms with Gasteiger partial charge in [-0.2, -0.15) is 13.2 Å². The number of aromatic nitrogens is 1. The normalized spacial score (nSPS) is 12.3. The van der Waals surface area contributed by atoms with E-state index >= 15 is 0 Å². The lowest BCUT2D eigenvalue weighted by Crippen LogP contribution is -2.05. The van der Waals surface area contributed by atoms with Crippen LogP contribution in [0.4, 0.5) is 13.2 Å². The van der Waals surface area contributed by atoms with Crippen molar-refractivity contribution >= 4 is 39.2 Å². The highest BCUT2D eigenvalue weighted by Crippen LogP contribution is 2.38. The minimum Gasteiger partial charge on any atom is -0.428 e. The van der Waals surface area contributed by atoms with E-state index in [0.717, 1.165) is 6.07 Å². The minimum atomic E-state index is -4.42. The summed E-state index contributed by atoms with van der Waals surface area (Å²) in [5.41, 5.74) is -0.276. The van der Waals surface area contributed by atoms with Crippen molar-refractivity contribution in [2.24, 2.45) is 0 Å². The summed E-state index contributed by atoms with van der Waals surface area (Å²) >= 11 is 7.54. The minimum absolute atomic E-state index is 0.0463. The molecule has 1 aromatic heterocycles. The largest absolute Gasteiger partial charge is 0.428 e. The van der Waals surface area contributed by atoms with Gasteiger partial charge in [-0.25, -0.2) is 0 Å². The first-order valence-corrected chi connectivity index (χ1v) is 4.98. The second-order valence-electron chi connectivity index (χ2n) is 2.82. The fourth-order valence-electron chi connectivity index (χ4n) is 1.20. The van der Waals surface area contributed by atoms with Crippen molar-refractivity contribution < 1.29 is 17.6 Å². The number of oxazole rings is 1. The van der Waals surface area contributed by atoms with Gasteiger partial charge in [-0.1, -0.05) is 0 Å². The number of nitrogens with one attached hydrogen (secondary N) is 1. The van der Waals surface area contributed by atoms with Crippen molar-refractivity contribution in [1.29, 1.82) is 0 Å². The van der Waals surface area contributed by atoms with Crippen LogP contribution in [-0.2, 0) is 6.18 Å². The SMILES string of the molecule is FC(F)(F)c1ccc2[nH]c(=S)oc2c1Br. The molecule has 0 saturated carbocycles. The Kier molecular flexibility index (Phi) is 2.38. The van der Waals surface area contributed by atoms with Gasteiger partial charge in [0.25, 0.3) is 4.84 Å². The maximum Gasteiger partial charge on any atom is 0.417 e. The van der Waals surface area contributed by atoms with Crippen LogP contribution in [0.2, 0.25) is 0 Å². The molecule has 0 spiro atoms. The van der Waals surface area contributed by atoms with E-state index in [4.69, 9.17) is 4.42 Å². The summed E-state index contributed by atoms with van der Waals surface area (Å²) in [6, 6.07) is 2.25. The highest BCUT2D eigenvalue weighted by atomic mass is 79.9. The van der Waals surface area contributed by atoms with E-state index in [1.54, 1.807) is 0 Å². The predicted octanol–water partition coefficient (Wildman–Crippen LogP) is 4.27. The Morgan fingerprint density at radius 1 is 1.33 bits per heavy atom. The molecular weight excluding hydrogens is 295 g/mol. The van der Waals surface area contributed by atoms with Gasteiger partial charge in [0.05, 0.1) is 15.6 Å². The van der Waals surface area contributed by atoms with E-state index in [2.05, 4.69) is 33.1 Å². The first-order valence-electron chi connectivity index (χ1n) is 3.78. The zero-order valence-electron chi connectivity index (χ0n) is 6.98. The average Bonchev–Trinajstić information content (AvgIpc) is 2.44. The van der Waals surface area contributed by atoms with E-state index < -0.39 is 11.7 Å². The van der Waals surface area contributed by atoms with Crippen molar-refractivity contribution in [3.05, 3.63) is 27.0 Å². The van der Waals surface area contributed by atoms with Gasteiger partial charge in [-0.3, -0.25) is 0 Å². The van der Waals surface area contributed by atoms with Crippen molar-refractivity contribution in [2.45, 2.75) is 6.18 Å². The number of aromatic amines is 1. The molecule has 0 bridgehead atoms. The zero-order valence-corrected chi connectivity index (χ0v) is 9.39. The average molecular weight is 298 g/mol. The van der Waals surface area contributed by atoms with Gasteiger partial charge in [-0.15, -0.1) is 0 Å². The van der Waals surface area contributed by atoms with Gasteiger partial charge in [-0.05, 0) is 40.3 Å². The Balaban J connectivity index is 2.81. The summed E-state index contributed by atoms with van der Waals surface area (Å²) in [5.74, 6) is 0. The molecule has 2 aromatic rings.